The van der Waals surface area contributed by atoms with E-state index in [1.807, 2.05) is 44.2 Å². The van der Waals surface area contributed by atoms with Crippen molar-refractivity contribution >= 4 is 17.9 Å². The zero-order valence-electron chi connectivity index (χ0n) is 21.3. The third kappa shape index (κ3) is 7.60. The molecule has 1 saturated heterocycles. The summed E-state index contributed by atoms with van der Waals surface area (Å²) in [7, 11) is 0. The first-order valence-electron chi connectivity index (χ1n) is 12.4. The van der Waals surface area contributed by atoms with E-state index in [0.29, 0.717) is 12.0 Å². The summed E-state index contributed by atoms with van der Waals surface area (Å²) < 4.78 is 25.2. The number of aromatic nitrogens is 2. The van der Waals surface area contributed by atoms with Gasteiger partial charge < -0.3 is 35.8 Å². The Morgan fingerprint density at radius 1 is 1.26 bits per heavy atom. The number of carbonyl (C=O) groups excluding carboxylic acids is 2. The number of hydrogen-bond donors (Lipinski definition) is 6. The summed E-state index contributed by atoms with van der Waals surface area (Å²) in [5.41, 5.74) is 8.38. The molecule has 208 valence electrons. The number of halogens is 1. The second kappa shape index (κ2) is 13.5. The fourth-order valence-electron chi connectivity index (χ4n) is 4.01. The molecule has 0 saturated carbocycles. The predicted octanol–water partition coefficient (Wildman–Crippen LogP) is 0.675. The Hall–Kier alpha value is -3.32. The van der Waals surface area contributed by atoms with Gasteiger partial charge in [0.25, 0.3) is 0 Å². The van der Waals surface area contributed by atoms with Crippen LogP contribution in [0.1, 0.15) is 55.0 Å². The highest BCUT2D eigenvalue weighted by molar-refractivity contribution is 5.79. The van der Waals surface area contributed by atoms with Gasteiger partial charge in [-0.15, -0.1) is 5.10 Å². The Morgan fingerprint density at radius 3 is 2.61 bits per heavy atom. The summed E-state index contributed by atoms with van der Waals surface area (Å²) >= 11 is 0. The summed E-state index contributed by atoms with van der Waals surface area (Å²) in [4.78, 5) is 22.5. The van der Waals surface area contributed by atoms with Crippen LogP contribution in [0.3, 0.4) is 0 Å². The molecule has 1 aliphatic rings. The van der Waals surface area contributed by atoms with Crippen LogP contribution in [0.5, 0.6) is 5.88 Å². The van der Waals surface area contributed by atoms with Gasteiger partial charge >= 0.3 is 0 Å². The van der Waals surface area contributed by atoms with Crippen LogP contribution in [0.25, 0.3) is 6.08 Å². The van der Waals surface area contributed by atoms with Gasteiger partial charge in [0, 0.05) is 37.1 Å². The first-order chi connectivity index (χ1) is 18.1. The normalized spacial score (nSPS) is 23.6. The molecule has 5 atom stereocenters. The van der Waals surface area contributed by atoms with Crippen molar-refractivity contribution in [2.24, 2.45) is 5.73 Å². The summed E-state index contributed by atoms with van der Waals surface area (Å²) in [5, 5.41) is 39.4. The molecular formula is C26H35FN4O7. The minimum atomic E-state index is -1.96. The molecule has 1 aromatic carbocycles. The van der Waals surface area contributed by atoms with Crippen LogP contribution < -0.4 is 15.8 Å². The second-order valence-electron chi connectivity index (χ2n) is 9.44. The van der Waals surface area contributed by atoms with Gasteiger partial charge in [-0.25, -0.2) is 4.39 Å². The zero-order valence-corrected chi connectivity index (χ0v) is 21.3. The Bertz CT molecular complexity index is 1100. The minimum Gasteiger partial charge on any atom is -0.443 e. The van der Waals surface area contributed by atoms with Crippen molar-refractivity contribution in [2.75, 3.05) is 13.2 Å². The number of ether oxygens (including phenoxy) is 2. The van der Waals surface area contributed by atoms with E-state index >= 15 is 0 Å². The molecule has 12 heteroatoms. The van der Waals surface area contributed by atoms with E-state index in [1.165, 1.54) is 0 Å². The average Bonchev–Trinajstić information content (AvgIpc) is 3.27. The van der Waals surface area contributed by atoms with E-state index in [2.05, 4.69) is 15.5 Å². The lowest BCUT2D eigenvalue weighted by Crippen LogP contribution is -2.58. The molecule has 2 aromatic rings. The standard InChI is InChI=1S/C26H35FN4O7/c1-14(2)22-17(25(31-30-22)38-26-24(36)23(35)21(27)18(13-32)37-26)12-16-8-6-15(7-9-16)4-3-5-20(34)29-11-10-19(28)33/h3-4,6-9,14,18,21,23-24,26,32,35-36H,5,10-13H2,1-2H3,(H2,28,33)(H,29,34)(H,30,31). The summed E-state index contributed by atoms with van der Waals surface area (Å²) in [6, 6.07) is 7.62. The number of aliphatic hydroxyl groups excluding tert-OH is 3. The Morgan fingerprint density at radius 2 is 1.97 bits per heavy atom. The van der Waals surface area contributed by atoms with Crippen molar-refractivity contribution in [1.82, 2.24) is 15.5 Å². The highest BCUT2D eigenvalue weighted by Crippen LogP contribution is 2.31. The number of aliphatic hydroxyl groups is 3. The molecular weight excluding hydrogens is 499 g/mol. The summed E-state index contributed by atoms with van der Waals surface area (Å²) in [6.07, 6.45) is -3.95. The van der Waals surface area contributed by atoms with Gasteiger partial charge in [-0.2, -0.15) is 0 Å². The second-order valence-corrected chi connectivity index (χ2v) is 9.44. The number of carbonyl (C=O) groups is 2. The molecule has 5 unspecified atom stereocenters. The fraction of sp³-hybridized carbons (Fsp3) is 0.500. The molecule has 1 aliphatic heterocycles. The molecule has 1 aromatic heterocycles. The molecule has 0 aliphatic carbocycles. The summed E-state index contributed by atoms with van der Waals surface area (Å²) in [5.74, 6) is -0.473. The highest BCUT2D eigenvalue weighted by Gasteiger charge is 2.46. The van der Waals surface area contributed by atoms with Gasteiger partial charge in [0.1, 0.15) is 18.3 Å². The number of nitrogens with zero attached hydrogens (tertiary/aromatic N) is 1. The van der Waals surface area contributed by atoms with E-state index in [-0.39, 0.29) is 37.1 Å². The lowest BCUT2D eigenvalue weighted by molar-refractivity contribution is -0.265. The van der Waals surface area contributed by atoms with Gasteiger partial charge in [-0.05, 0) is 17.0 Å². The highest BCUT2D eigenvalue weighted by atomic mass is 19.1. The quantitative estimate of drug-likeness (QED) is 0.230. The van der Waals surface area contributed by atoms with Gasteiger partial charge in [0.15, 0.2) is 6.17 Å². The molecule has 2 amide bonds. The predicted molar refractivity (Wildman–Crippen MR) is 136 cm³/mol. The van der Waals surface area contributed by atoms with Crippen LogP contribution in [-0.2, 0) is 20.7 Å². The lowest BCUT2D eigenvalue weighted by Gasteiger charge is -2.38. The van der Waals surface area contributed by atoms with Crippen LogP contribution in [0.15, 0.2) is 30.3 Å². The number of primary amides is 1. The SMILES string of the molecule is CC(C)c1[nH]nc(OC2OC(CO)C(F)C(O)C2O)c1Cc1ccc(C=CCC(=O)NCCC(N)=O)cc1. The van der Waals surface area contributed by atoms with Crippen molar-refractivity contribution in [2.45, 2.75) is 69.8 Å². The van der Waals surface area contributed by atoms with Crippen LogP contribution in [0, 0.1) is 0 Å². The molecule has 7 N–H and O–H groups in total. The smallest absolute Gasteiger partial charge is 0.238 e. The molecule has 3 rings (SSSR count). The third-order valence-electron chi connectivity index (χ3n) is 6.13. The van der Waals surface area contributed by atoms with E-state index in [4.69, 9.17) is 15.2 Å². The van der Waals surface area contributed by atoms with Crippen molar-refractivity contribution in [3.8, 4) is 5.88 Å². The number of nitrogens with two attached hydrogens (primary N) is 1. The number of nitrogens with one attached hydrogen (secondary N) is 2. The maximum Gasteiger partial charge on any atom is 0.238 e. The number of alkyl halides is 1. The minimum absolute atomic E-state index is 0.0642. The van der Waals surface area contributed by atoms with E-state index in [9.17, 15) is 29.3 Å². The number of H-pyrrole nitrogens is 1. The first kappa shape index (κ1) is 29.2. The molecule has 0 spiro atoms. The van der Waals surface area contributed by atoms with Crippen LogP contribution in [0.2, 0.25) is 0 Å². The van der Waals surface area contributed by atoms with Crippen LogP contribution in [-0.4, -0.2) is 81.3 Å². The largest absolute Gasteiger partial charge is 0.443 e. The van der Waals surface area contributed by atoms with Crippen LogP contribution in [0.4, 0.5) is 4.39 Å². The van der Waals surface area contributed by atoms with Gasteiger partial charge in [0.05, 0.1) is 6.61 Å². The number of aromatic amines is 1. The van der Waals surface area contributed by atoms with Gasteiger partial charge in [0.2, 0.25) is 24.0 Å². The van der Waals surface area contributed by atoms with E-state index in [0.717, 1.165) is 16.8 Å². The number of hydrogen-bond acceptors (Lipinski definition) is 8. The Labute approximate surface area is 219 Å². The van der Waals surface area contributed by atoms with E-state index in [1.54, 1.807) is 6.08 Å². The average molecular weight is 535 g/mol. The molecule has 11 nitrogen and oxygen atoms in total. The maximum atomic E-state index is 14.1. The summed E-state index contributed by atoms with van der Waals surface area (Å²) in [6.45, 7) is 3.48. The first-order valence-corrected chi connectivity index (χ1v) is 12.4. The Kier molecular flexibility index (Phi) is 10.4. The molecule has 0 bridgehead atoms. The van der Waals surface area contributed by atoms with Gasteiger partial charge in [-0.3, -0.25) is 14.7 Å². The number of rotatable bonds is 12. The molecule has 2 heterocycles. The van der Waals surface area contributed by atoms with Crippen LogP contribution >= 0.6 is 0 Å². The van der Waals surface area contributed by atoms with E-state index < -0.39 is 43.3 Å². The molecule has 1 fully saturated rings. The Balaban J connectivity index is 1.67. The lowest BCUT2D eigenvalue weighted by atomic mass is 9.98. The fourth-order valence-corrected chi connectivity index (χ4v) is 4.01. The van der Waals surface area contributed by atoms with Crippen molar-refractivity contribution in [1.29, 1.82) is 0 Å². The topological polar surface area (TPSA) is 180 Å². The molecule has 0 radical (unpaired) electrons. The number of amides is 2. The van der Waals surface area contributed by atoms with Crippen molar-refractivity contribution in [3.63, 3.8) is 0 Å². The van der Waals surface area contributed by atoms with Crippen molar-refractivity contribution < 1.29 is 38.8 Å². The third-order valence-corrected chi connectivity index (χ3v) is 6.13. The number of benzene rings is 1. The monoisotopic (exact) mass is 534 g/mol. The van der Waals surface area contributed by atoms with Crippen molar-refractivity contribution in [3.05, 3.63) is 52.7 Å². The molecule has 38 heavy (non-hydrogen) atoms. The van der Waals surface area contributed by atoms with Gasteiger partial charge in [-0.1, -0.05) is 50.3 Å². The zero-order chi connectivity index (χ0) is 27.8. The maximum absolute atomic E-state index is 14.1.